The summed E-state index contributed by atoms with van der Waals surface area (Å²) < 4.78 is 0. The van der Waals surface area contributed by atoms with Crippen LogP contribution in [0.4, 0.5) is 0 Å². The highest BCUT2D eigenvalue weighted by molar-refractivity contribution is 4.97. The van der Waals surface area contributed by atoms with Crippen molar-refractivity contribution in [3.8, 4) is 0 Å². The molecule has 1 N–H and O–H groups in total. The van der Waals surface area contributed by atoms with Crippen molar-refractivity contribution < 1.29 is 0 Å². The van der Waals surface area contributed by atoms with Gasteiger partial charge in [-0.3, -0.25) is 4.90 Å². The van der Waals surface area contributed by atoms with Crippen molar-refractivity contribution in [3.63, 3.8) is 0 Å². The molecule has 1 aliphatic heterocycles. The molecule has 1 saturated carbocycles. The largest absolute Gasteiger partial charge is 0.313 e. The van der Waals surface area contributed by atoms with Gasteiger partial charge in [-0.05, 0) is 51.7 Å². The van der Waals surface area contributed by atoms with Crippen molar-refractivity contribution in [2.24, 2.45) is 11.8 Å². The van der Waals surface area contributed by atoms with Gasteiger partial charge in [0.25, 0.3) is 0 Å². The van der Waals surface area contributed by atoms with Gasteiger partial charge in [-0.15, -0.1) is 0 Å². The summed E-state index contributed by atoms with van der Waals surface area (Å²) in [5.74, 6) is 1.76. The fourth-order valence-corrected chi connectivity index (χ4v) is 4.73. The number of nitrogens with zero attached hydrogens (tertiary/aromatic N) is 2. The maximum atomic E-state index is 3.78. The van der Waals surface area contributed by atoms with Gasteiger partial charge in [-0.25, -0.2) is 0 Å². The van der Waals surface area contributed by atoms with Crippen molar-refractivity contribution in [3.05, 3.63) is 0 Å². The molecule has 0 amide bonds. The Hall–Kier alpha value is -0.120. The van der Waals surface area contributed by atoms with Gasteiger partial charge in [0.2, 0.25) is 0 Å². The molecule has 0 bridgehead atoms. The van der Waals surface area contributed by atoms with Gasteiger partial charge in [0.15, 0.2) is 0 Å². The Morgan fingerprint density at radius 2 is 1.90 bits per heavy atom. The maximum absolute atomic E-state index is 3.78. The molecule has 2 aliphatic rings. The van der Waals surface area contributed by atoms with E-state index in [1.54, 1.807) is 0 Å². The third-order valence-corrected chi connectivity index (χ3v) is 5.82. The molecule has 0 radical (unpaired) electrons. The number of hydrogen-bond donors (Lipinski definition) is 1. The highest BCUT2D eigenvalue weighted by Gasteiger charge is 2.40. The Kier molecular flexibility index (Phi) is 6.51. The lowest BCUT2D eigenvalue weighted by molar-refractivity contribution is 0.108. The van der Waals surface area contributed by atoms with Crippen molar-refractivity contribution in [1.82, 2.24) is 15.1 Å². The van der Waals surface area contributed by atoms with Gasteiger partial charge >= 0.3 is 0 Å². The van der Waals surface area contributed by atoms with Crippen LogP contribution in [0.25, 0.3) is 0 Å². The number of likely N-dealkylation sites (tertiary alicyclic amines) is 1. The van der Waals surface area contributed by atoms with Crippen LogP contribution in [-0.2, 0) is 0 Å². The molecule has 1 aliphatic carbocycles. The molecule has 0 aromatic rings. The lowest BCUT2D eigenvalue weighted by Gasteiger charge is -2.42. The summed E-state index contributed by atoms with van der Waals surface area (Å²) in [6, 6.07) is 2.22. The van der Waals surface area contributed by atoms with E-state index in [0.29, 0.717) is 0 Å². The molecule has 3 nitrogen and oxygen atoms in total. The second kappa shape index (κ2) is 7.94. The smallest absolute Gasteiger partial charge is 0.0254 e. The molecule has 5 unspecified atom stereocenters. The van der Waals surface area contributed by atoms with E-state index in [0.717, 1.165) is 36.5 Å². The molecule has 0 aromatic carbocycles. The first-order valence-corrected chi connectivity index (χ1v) is 9.20. The van der Waals surface area contributed by atoms with Crippen LogP contribution < -0.4 is 5.32 Å². The molecule has 3 heteroatoms. The van der Waals surface area contributed by atoms with Gasteiger partial charge in [-0.2, -0.15) is 0 Å². The fraction of sp³-hybridized carbons (Fsp3) is 1.00. The average Bonchev–Trinajstić information content (AvgIpc) is 2.83. The molecule has 0 aromatic heterocycles. The molecular formula is C18H37N3. The average molecular weight is 296 g/mol. The van der Waals surface area contributed by atoms with E-state index in [1.807, 2.05) is 0 Å². The minimum atomic E-state index is 0.719. The van der Waals surface area contributed by atoms with Crippen LogP contribution in [0.2, 0.25) is 0 Å². The molecule has 21 heavy (non-hydrogen) atoms. The first-order chi connectivity index (χ1) is 10.1. The molecule has 2 fully saturated rings. The van der Waals surface area contributed by atoms with E-state index in [4.69, 9.17) is 0 Å². The topological polar surface area (TPSA) is 18.5 Å². The second-order valence-corrected chi connectivity index (χ2v) is 7.66. The number of likely N-dealkylation sites (N-methyl/N-ethyl adjacent to an activating group) is 2. The predicted octanol–water partition coefficient (Wildman–Crippen LogP) is 2.82. The van der Waals surface area contributed by atoms with Crippen LogP contribution in [0.15, 0.2) is 0 Å². The van der Waals surface area contributed by atoms with Gasteiger partial charge in [0, 0.05) is 31.2 Å². The van der Waals surface area contributed by atoms with E-state index in [-0.39, 0.29) is 0 Å². The lowest BCUT2D eigenvalue weighted by Crippen LogP contribution is -2.53. The summed E-state index contributed by atoms with van der Waals surface area (Å²) >= 11 is 0. The molecule has 5 atom stereocenters. The summed E-state index contributed by atoms with van der Waals surface area (Å²) in [7, 11) is 4.49. The summed E-state index contributed by atoms with van der Waals surface area (Å²) in [4.78, 5) is 5.24. The lowest BCUT2D eigenvalue weighted by atomic mass is 9.79. The van der Waals surface area contributed by atoms with E-state index in [9.17, 15) is 0 Å². The Morgan fingerprint density at radius 1 is 1.14 bits per heavy atom. The summed E-state index contributed by atoms with van der Waals surface area (Å²) in [5.41, 5.74) is 0. The van der Waals surface area contributed by atoms with Crippen LogP contribution in [0.5, 0.6) is 0 Å². The van der Waals surface area contributed by atoms with Crippen LogP contribution in [0, 0.1) is 11.8 Å². The predicted molar refractivity (Wildman–Crippen MR) is 91.7 cm³/mol. The highest BCUT2D eigenvalue weighted by atomic mass is 15.3. The molecule has 1 heterocycles. The maximum Gasteiger partial charge on any atom is 0.0254 e. The minimum absolute atomic E-state index is 0.719. The van der Waals surface area contributed by atoms with Crippen LogP contribution in [0.1, 0.15) is 52.9 Å². The summed E-state index contributed by atoms with van der Waals surface area (Å²) in [6.07, 6.45) is 7.00. The van der Waals surface area contributed by atoms with Crippen molar-refractivity contribution in [1.29, 1.82) is 0 Å². The van der Waals surface area contributed by atoms with E-state index < -0.39 is 0 Å². The van der Waals surface area contributed by atoms with Crippen LogP contribution in [0.3, 0.4) is 0 Å². The van der Waals surface area contributed by atoms with E-state index in [2.05, 4.69) is 50.0 Å². The monoisotopic (exact) mass is 295 g/mol. The zero-order chi connectivity index (χ0) is 15.4. The molecule has 124 valence electrons. The van der Waals surface area contributed by atoms with Gasteiger partial charge in [0.05, 0.1) is 0 Å². The Bertz CT molecular complexity index is 305. The first-order valence-electron chi connectivity index (χ1n) is 9.20. The second-order valence-electron chi connectivity index (χ2n) is 7.66. The molecular weight excluding hydrogens is 258 g/mol. The first kappa shape index (κ1) is 17.2. The molecule has 1 saturated heterocycles. The third kappa shape index (κ3) is 4.20. The number of nitrogens with one attached hydrogen (secondary N) is 1. The number of hydrogen-bond acceptors (Lipinski definition) is 3. The van der Waals surface area contributed by atoms with Gasteiger partial charge in [0.1, 0.15) is 0 Å². The quantitative estimate of drug-likeness (QED) is 0.813. The Balaban J connectivity index is 2.02. The molecule has 2 rings (SSSR count). The van der Waals surface area contributed by atoms with Crippen molar-refractivity contribution >= 4 is 0 Å². The van der Waals surface area contributed by atoms with Gasteiger partial charge in [-0.1, -0.05) is 33.6 Å². The van der Waals surface area contributed by atoms with Gasteiger partial charge < -0.3 is 10.2 Å². The standard InChI is InChI=1S/C18H37N3/c1-6-8-15-9-10-16(19-7-2)17(11-15)21-12-14(3)18(13-21)20(4)5/h14-19H,6-13H2,1-5H3. The van der Waals surface area contributed by atoms with Crippen molar-refractivity contribution in [2.75, 3.05) is 33.7 Å². The van der Waals surface area contributed by atoms with Crippen LogP contribution >= 0.6 is 0 Å². The number of rotatable bonds is 6. The SMILES string of the molecule is CCCC1CCC(NCC)C(N2CC(C)C(N(C)C)C2)C1. The molecule has 0 spiro atoms. The minimum Gasteiger partial charge on any atom is -0.313 e. The highest BCUT2D eigenvalue weighted by Crippen LogP contribution is 2.34. The zero-order valence-electron chi connectivity index (χ0n) is 14.9. The third-order valence-electron chi connectivity index (χ3n) is 5.82. The van der Waals surface area contributed by atoms with E-state index in [1.165, 1.54) is 45.2 Å². The summed E-state index contributed by atoms with van der Waals surface area (Å²) in [6.45, 7) is 10.7. The van der Waals surface area contributed by atoms with Crippen molar-refractivity contribution in [2.45, 2.75) is 71.0 Å². The Labute approximate surface area is 132 Å². The fourth-order valence-electron chi connectivity index (χ4n) is 4.73. The van der Waals surface area contributed by atoms with Crippen LogP contribution in [-0.4, -0.2) is 61.7 Å². The summed E-state index contributed by atoms with van der Waals surface area (Å²) in [5, 5.41) is 3.78. The normalized spacial score (nSPS) is 38.3. The zero-order valence-corrected chi connectivity index (χ0v) is 14.9. The Morgan fingerprint density at radius 3 is 2.48 bits per heavy atom. The van der Waals surface area contributed by atoms with E-state index >= 15 is 0 Å².